The Kier molecular flexibility index (Phi) is 5.38. The third-order valence-electron chi connectivity index (χ3n) is 6.14. The van der Waals surface area contributed by atoms with E-state index in [9.17, 15) is 9.59 Å². The van der Waals surface area contributed by atoms with Gasteiger partial charge in [0.25, 0.3) is 0 Å². The van der Waals surface area contributed by atoms with Crippen LogP contribution in [-0.2, 0) is 9.59 Å². The first-order valence-electron chi connectivity index (χ1n) is 10.8. The van der Waals surface area contributed by atoms with Crippen LogP contribution in [0.15, 0.2) is 66.7 Å². The first-order chi connectivity index (χ1) is 16.1. The van der Waals surface area contributed by atoms with Gasteiger partial charge in [-0.15, -0.1) is 0 Å². The maximum Gasteiger partial charge on any atom is 0.227 e. The van der Waals surface area contributed by atoms with Crippen LogP contribution in [0.1, 0.15) is 23.6 Å². The normalized spacial score (nSPS) is 17.1. The first kappa shape index (κ1) is 20.9. The van der Waals surface area contributed by atoms with Crippen molar-refractivity contribution in [1.29, 1.82) is 0 Å². The molecule has 0 spiro atoms. The Hall–Kier alpha value is -4.00. The molecule has 1 unspecified atom stereocenters. The molecule has 0 radical (unpaired) electrons. The number of nitrogens with zero attached hydrogens (tertiary/aromatic N) is 1. The standard InChI is InChI=1S/C26H24N2O5/c1-31-22-12-11-17(14-23(22)32-2)28-15-16(13-24(28)29)26(30)27-25-18-7-3-5-9-20(18)33-21-10-6-4-8-19(21)25/h3-12,14,16,25H,13,15H2,1-2H3,(H,27,30). The van der Waals surface area contributed by atoms with Crippen LogP contribution in [0.25, 0.3) is 0 Å². The smallest absolute Gasteiger partial charge is 0.227 e. The van der Waals surface area contributed by atoms with Gasteiger partial charge in [0, 0.05) is 35.8 Å². The lowest BCUT2D eigenvalue weighted by Gasteiger charge is -2.29. The first-order valence-corrected chi connectivity index (χ1v) is 10.8. The van der Waals surface area contributed by atoms with Gasteiger partial charge in [0.05, 0.1) is 26.2 Å². The van der Waals surface area contributed by atoms with Crippen LogP contribution >= 0.6 is 0 Å². The molecule has 7 nitrogen and oxygen atoms in total. The molecule has 2 heterocycles. The summed E-state index contributed by atoms with van der Waals surface area (Å²) < 4.78 is 16.6. The molecule has 3 aromatic rings. The van der Waals surface area contributed by atoms with E-state index in [-0.39, 0.29) is 24.3 Å². The van der Waals surface area contributed by atoms with Gasteiger partial charge in [0.15, 0.2) is 11.5 Å². The van der Waals surface area contributed by atoms with Crippen LogP contribution in [0, 0.1) is 5.92 Å². The molecule has 168 valence electrons. The molecular weight excluding hydrogens is 420 g/mol. The summed E-state index contributed by atoms with van der Waals surface area (Å²) in [4.78, 5) is 27.7. The van der Waals surface area contributed by atoms with E-state index in [0.717, 1.165) is 22.6 Å². The van der Waals surface area contributed by atoms with Crippen molar-refractivity contribution in [3.63, 3.8) is 0 Å². The van der Waals surface area contributed by atoms with E-state index in [1.54, 1.807) is 37.3 Å². The van der Waals surface area contributed by atoms with E-state index in [4.69, 9.17) is 14.2 Å². The molecule has 33 heavy (non-hydrogen) atoms. The average molecular weight is 444 g/mol. The summed E-state index contributed by atoms with van der Waals surface area (Å²) in [5.41, 5.74) is 2.46. The summed E-state index contributed by atoms with van der Waals surface area (Å²) in [6.07, 6.45) is 0.146. The number of fused-ring (bicyclic) bond motifs is 2. The molecule has 5 rings (SSSR count). The number of rotatable bonds is 5. The second-order valence-corrected chi connectivity index (χ2v) is 8.06. The van der Waals surface area contributed by atoms with Gasteiger partial charge in [0.2, 0.25) is 11.8 Å². The fourth-order valence-corrected chi connectivity index (χ4v) is 4.45. The van der Waals surface area contributed by atoms with Gasteiger partial charge >= 0.3 is 0 Å². The minimum atomic E-state index is -0.465. The molecule has 1 N–H and O–H groups in total. The van der Waals surface area contributed by atoms with Gasteiger partial charge in [0.1, 0.15) is 11.5 Å². The van der Waals surface area contributed by atoms with Gasteiger partial charge in [-0.3, -0.25) is 9.59 Å². The summed E-state index contributed by atoms with van der Waals surface area (Å²) in [5, 5.41) is 3.16. The molecule has 3 aromatic carbocycles. The number of carbonyl (C=O) groups excluding carboxylic acids is 2. The fraction of sp³-hybridized carbons (Fsp3) is 0.231. The van der Waals surface area contributed by atoms with E-state index in [0.29, 0.717) is 23.7 Å². The molecule has 0 aromatic heterocycles. The van der Waals surface area contributed by atoms with Crippen molar-refractivity contribution in [3.8, 4) is 23.0 Å². The molecule has 2 aliphatic heterocycles. The Morgan fingerprint density at radius 3 is 2.21 bits per heavy atom. The summed E-state index contributed by atoms with van der Waals surface area (Å²) >= 11 is 0. The van der Waals surface area contributed by atoms with Crippen molar-refractivity contribution in [2.24, 2.45) is 5.92 Å². The molecule has 1 atom stereocenters. The summed E-state index contributed by atoms with van der Waals surface area (Å²) in [7, 11) is 3.11. The van der Waals surface area contributed by atoms with Gasteiger partial charge in [-0.05, 0) is 24.3 Å². The van der Waals surface area contributed by atoms with Gasteiger partial charge < -0.3 is 24.4 Å². The topological polar surface area (TPSA) is 77.1 Å². The molecule has 2 aliphatic rings. The Morgan fingerprint density at radius 1 is 0.939 bits per heavy atom. The zero-order chi connectivity index (χ0) is 22.9. The average Bonchev–Trinajstić information content (AvgIpc) is 3.25. The van der Waals surface area contributed by atoms with Crippen LogP contribution in [0.3, 0.4) is 0 Å². The number of para-hydroxylation sites is 2. The van der Waals surface area contributed by atoms with Crippen molar-refractivity contribution in [2.75, 3.05) is 25.7 Å². The summed E-state index contributed by atoms with van der Waals surface area (Å²) in [6.45, 7) is 0.298. The van der Waals surface area contributed by atoms with E-state index >= 15 is 0 Å². The largest absolute Gasteiger partial charge is 0.493 e. The molecule has 1 saturated heterocycles. The number of benzene rings is 3. The fourth-order valence-electron chi connectivity index (χ4n) is 4.45. The molecule has 0 aliphatic carbocycles. The van der Waals surface area contributed by atoms with Crippen molar-refractivity contribution in [1.82, 2.24) is 5.32 Å². The highest BCUT2D eigenvalue weighted by molar-refractivity contribution is 6.00. The summed E-state index contributed by atoms with van der Waals surface area (Å²) in [5.74, 6) is 1.82. The highest BCUT2D eigenvalue weighted by atomic mass is 16.5. The zero-order valence-corrected chi connectivity index (χ0v) is 18.4. The number of carbonyl (C=O) groups is 2. The minimum absolute atomic E-state index is 0.102. The van der Waals surface area contributed by atoms with E-state index in [2.05, 4.69) is 5.32 Å². The minimum Gasteiger partial charge on any atom is -0.493 e. The Balaban J connectivity index is 1.37. The quantitative estimate of drug-likeness (QED) is 0.642. The number of amides is 2. The maximum atomic E-state index is 13.3. The number of hydrogen-bond donors (Lipinski definition) is 1. The van der Waals surface area contributed by atoms with Crippen LogP contribution in [0.5, 0.6) is 23.0 Å². The molecular formula is C26H24N2O5. The number of hydrogen-bond acceptors (Lipinski definition) is 5. The predicted octanol–water partition coefficient (Wildman–Crippen LogP) is 4.07. The molecule has 1 fully saturated rings. The SMILES string of the molecule is COc1ccc(N2CC(C(=O)NC3c4ccccc4Oc4ccccc43)CC2=O)cc1OC. The van der Waals surface area contributed by atoms with Gasteiger partial charge in [-0.1, -0.05) is 36.4 Å². The second-order valence-electron chi connectivity index (χ2n) is 8.06. The molecule has 0 saturated carbocycles. The number of anilines is 1. The molecule has 2 amide bonds. The van der Waals surface area contributed by atoms with Crippen LogP contribution in [0.2, 0.25) is 0 Å². The number of nitrogens with one attached hydrogen (secondary N) is 1. The van der Waals surface area contributed by atoms with Crippen LogP contribution < -0.4 is 24.4 Å². The van der Waals surface area contributed by atoms with Gasteiger partial charge in [-0.2, -0.15) is 0 Å². The number of methoxy groups -OCH3 is 2. The highest BCUT2D eigenvalue weighted by Gasteiger charge is 2.37. The van der Waals surface area contributed by atoms with E-state index in [1.165, 1.54) is 0 Å². The predicted molar refractivity (Wildman–Crippen MR) is 123 cm³/mol. The third kappa shape index (κ3) is 3.75. The lowest BCUT2D eigenvalue weighted by Crippen LogP contribution is -2.37. The monoisotopic (exact) mass is 444 g/mol. The second kappa shape index (κ2) is 8.50. The molecule has 7 heteroatoms. The Labute approximate surface area is 191 Å². The zero-order valence-electron chi connectivity index (χ0n) is 18.4. The molecule has 0 bridgehead atoms. The van der Waals surface area contributed by atoms with Crippen LogP contribution in [0.4, 0.5) is 5.69 Å². The van der Waals surface area contributed by atoms with Crippen LogP contribution in [-0.4, -0.2) is 32.6 Å². The van der Waals surface area contributed by atoms with E-state index in [1.807, 2.05) is 48.5 Å². The van der Waals surface area contributed by atoms with Crippen molar-refractivity contribution >= 4 is 17.5 Å². The maximum absolute atomic E-state index is 13.3. The lowest BCUT2D eigenvalue weighted by molar-refractivity contribution is -0.126. The Morgan fingerprint density at radius 2 is 1.58 bits per heavy atom. The third-order valence-corrected chi connectivity index (χ3v) is 6.14. The van der Waals surface area contributed by atoms with E-state index < -0.39 is 5.92 Å². The van der Waals surface area contributed by atoms with Crippen molar-refractivity contribution < 1.29 is 23.8 Å². The van der Waals surface area contributed by atoms with Crippen molar-refractivity contribution in [3.05, 3.63) is 77.9 Å². The lowest BCUT2D eigenvalue weighted by atomic mass is 9.93. The summed E-state index contributed by atoms with van der Waals surface area (Å²) in [6, 6.07) is 20.3. The van der Waals surface area contributed by atoms with Gasteiger partial charge in [-0.25, -0.2) is 0 Å². The highest BCUT2D eigenvalue weighted by Crippen LogP contribution is 2.43. The Bertz CT molecular complexity index is 1180. The van der Waals surface area contributed by atoms with Crippen molar-refractivity contribution in [2.45, 2.75) is 12.5 Å². The number of ether oxygens (including phenoxy) is 3.